The van der Waals surface area contributed by atoms with E-state index in [1.807, 2.05) is 0 Å². The fourth-order valence-electron chi connectivity index (χ4n) is 1.76. The summed E-state index contributed by atoms with van der Waals surface area (Å²) < 4.78 is 34.4. The minimum Gasteiger partial charge on any atom is -0.496 e. The van der Waals surface area contributed by atoms with E-state index in [1.165, 1.54) is 27.4 Å². The number of rotatable bonds is 5. The molecule has 0 atom stereocenters. The fraction of sp³-hybridized carbons (Fsp3) is 0.200. The van der Waals surface area contributed by atoms with Crippen LogP contribution >= 0.6 is 0 Å². The lowest BCUT2D eigenvalue weighted by Gasteiger charge is -2.13. The van der Waals surface area contributed by atoms with Crippen LogP contribution in [0.2, 0.25) is 0 Å². The van der Waals surface area contributed by atoms with E-state index in [2.05, 4.69) is 0 Å². The maximum Gasteiger partial charge on any atom is 0.167 e. The quantitative estimate of drug-likeness (QED) is 0.857. The van der Waals surface area contributed by atoms with Crippen molar-refractivity contribution in [2.75, 3.05) is 27.1 Å². The zero-order chi connectivity index (χ0) is 15.4. The second-order valence-electron chi connectivity index (χ2n) is 4.18. The molecule has 0 saturated heterocycles. The Labute approximate surface area is 122 Å². The molecule has 0 aliphatic heterocycles. The molecule has 0 aromatic heterocycles. The van der Waals surface area contributed by atoms with Crippen LogP contribution in [0.4, 0.5) is 10.1 Å². The van der Waals surface area contributed by atoms with Gasteiger partial charge < -0.3 is 24.7 Å². The molecule has 0 unspecified atom stereocenters. The molecule has 6 heteroatoms. The lowest BCUT2D eigenvalue weighted by Crippen LogP contribution is -1.97. The predicted molar refractivity (Wildman–Crippen MR) is 77.0 cm³/mol. The van der Waals surface area contributed by atoms with Crippen molar-refractivity contribution < 1.29 is 23.3 Å². The summed E-state index contributed by atoms with van der Waals surface area (Å²) in [4.78, 5) is 0. The van der Waals surface area contributed by atoms with Gasteiger partial charge in [-0.1, -0.05) is 0 Å². The number of halogens is 1. The minimum absolute atomic E-state index is 0.0501. The summed E-state index contributed by atoms with van der Waals surface area (Å²) in [5.41, 5.74) is 5.91. The first-order valence-electron chi connectivity index (χ1n) is 6.11. The normalized spacial score (nSPS) is 10.1. The Balaban J connectivity index is 2.37. The summed E-state index contributed by atoms with van der Waals surface area (Å²) in [5.74, 6) is 1.36. The third kappa shape index (κ3) is 3.28. The summed E-state index contributed by atoms with van der Waals surface area (Å²) in [7, 11) is 4.44. The van der Waals surface area contributed by atoms with Crippen LogP contribution in [0.3, 0.4) is 0 Å². The van der Waals surface area contributed by atoms with Crippen molar-refractivity contribution in [2.45, 2.75) is 0 Å². The second kappa shape index (κ2) is 6.21. The molecule has 0 aliphatic carbocycles. The highest BCUT2D eigenvalue weighted by molar-refractivity contribution is 5.58. The standard InChI is InChI=1S/C15H16FNO4/c1-18-9-4-10(19-2)6-11(5-9)21-15-8-14(20-3)12(16)7-13(15)17/h4-8H,17H2,1-3H3. The van der Waals surface area contributed by atoms with Gasteiger partial charge in [-0.2, -0.15) is 0 Å². The van der Waals surface area contributed by atoms with Gasteiger partial charge in [-0.25, -0.2) is 4.39 Å². The van der Waals surface area contributed by atoms with Gasteiger partial charge in [0, 0.05) is 30.3 Å². The lowest BCUT2D eigenvalue weighted by atomic mass is 10.2. The maximum absolute atomic E-state index is 13.5. The number of nitrogen functional groups attached to an aromatic ring is 1. The molecule has 0 radical (unpaired) electrons. The first-order valence-corrected chi connectivity index (χ1v) is 6.11. The van der Waals surface area contributed by atoms with Crippen molar-refractivity contribution in [2.24, 2.45) is 0 Å². The summed E-state index contributed by atoms with van der Waals surface area (Å²) >= 11 is 0. The van der Waals surface area contributed by atoms with Gasteiger partial charge in [-0.3, -0.25) is 0 Å². The van der Waals surface area contributed by atoms with Gasteiger partial charge in [0.25, 0.3) is 0 Å². The van der Waals surface area contributed by atoms with Crippen LogP contribution < -0.4 is 24.7 Å². The van der Waals surface area contributed by atoms with Gasteiger partial charge in [0.1, 0.15) is 17.2 Å². The van der Waals surface area contributed by atoms with E-state index in [-0.39, 0.29) is 17.2 Å². The molecule has 0 bridgehead atoms. The first kappa shape index (κ1) is 14.8. The summed E-state index contributed by atoms with van der Waals surface area (Å²) in [6.07, 6.45) is 0. The third-order valence-corrected chi connectivity index (χ3v) is 2.84. The number of hydrogen-bond acceptors (Lipinski definition) is 5. The van der Waals surface area contributed by atoms with Gasteiger partial charge in [-0.05, 0) is 0 Å². The maximum atomic E-state index is 13.5. The van der Waals surface area contributed by atoms with Crippen molar-refractivity contribution in [1.29, 1.82) is 0 Å². The second-order valence-corrected chi connectivity index (χ2v) is 4.18. The molecule has 21 heavy (non-hydrogen) atoms. The Hall–Kier alpha value is -2.63. The van der Waals surface area contributed by atoms with E-state index in [4.69, 9.17) is 24.7 Å². The molecule has 0 heterocycles. The molecule has 2 N–H and O–H groups in total. The Morgan fingerprint density at radius 2 is 1.33 bits per heavy atom. The van der Waals surface area contributed by atoms with Gasteiger partial charge in [0.2, 0.25) is 0 Å². The van der Waals surface area contributed by atoms with Crippen LogP contribution in [0.5, 0.6) is 28.7 Å². The molecule has 0 amide bonds. The SMILES string of the molecule is COc1cc(OC)cc(Oc2cc(OC)c(F)cc2N)c1. The number of nitrogens with two attached hydrogens (primary N) is 1. The van der Waals surface area contributed by atoms with Crippen LogP contribution in [0.25, 0.3) is 0 Å². The molecule has 0 spiro atoms. The topological polar surface area (TPSA) is 62.9 Å². The van der Waals surface area contributed by atoms with Crippen molar-refractivity contribution in [1.82, 2.24) is 0 Å². The zero-order valence-corrected chi connectivity index (χ0v) is 12.0. The molecule has 2 aromatic carbocycles. The summed E-state index contributed by atoms with van der Waals surface area (Å²) in [6.45, 7) is 0. The van der Waals surface area contributed by atoms with Gasteiger partial charge in [-0.15, -0.1) is 0 Å². The number of methoxy groups -OCH3 is 3. The molecule has 0 fully saturated rings. The first-order chi connectivity index (χ1) is 10.1. The molecule has 2 aromatic rings. The Morgan fingerprint density at radius 3 is 1.86 bits per heavy atom. The van der Waals surface area contributed by atoms with Crippen molar-refractivity contribution in [3.63, 3.8) is 0 Å². The van der Waals surface area contributed by atoms with Crippen LogP contribution in [0.1, 0.15) is 0 Å². The lowest BCUT2D eigenvalue weighted by molar-refractivity contribution is 0.378. The predicted octanol–water partition coefficient (Wildman–Crippen LogP) is 3.23. The molecular weight excluding hydrogens is 277 g/mol. The number of hydrogen-bond donors (Lipinski definition) is 1. The molecular formula is C15H16FNO4. The molecule has 2 rings (SSSR count). The highest BCUT2D eigenvalue weighted by atomic mass is 19.1. The van der Waals surface area contributed by atoms with Gasteiger partial charge in [0.15, 0.2) is 17.3 Å². The highest BCUT2D eigenvalue weighted by Gasteiger charge is 2.11. The third-order valence-electron chi connectivity index (χ3n) is 2.84. The summed E-state index contributed by atoms with van der Waals surface area (Å²) in [6, 6.07) is 7.57. The fourth-order valence-corrected chi connectivity index (χ4v) is 1.76. The van der Waals surface area contributed by atoms with Gasteiger partial charge >= 0.3 is 0 Å². The van der Waals surface area contributed by atoms with Crippen molar-refractivity contribution >= 4 is 5.69 Å². The Morgan fingerprint density at radius 1 is 0.762 bits per heavy atom. The van der Waals surface area contributed by atoms with E-state index in [1.54, 1.807) is 18.2 Å². The van der Waals surface area contributed by atoms with E-state index in [9.17, 15) is 4.39 Å². The average molecular weight is 293 g/mol. The highest BCUT2D eigenvalue weighted by Crippen LogP contribution is 2.36. The largest absolute Gasteiger partial charge is 0.496 e. The summed E-state index contributed by atoms with van der Waals surface area (Å²) in [5, 5.41) is 0. The van der Waals surface area contributed by atoms with Crippen LogP contribution in [0.15, 0.2) is 30.3 Å². The van der Waals surface area contributed by atoms with E-state index in [0.717, 1.165) is 6.07 Å². The molecule has 0 saturated carbocycles. The van der Waals surface area contributed by atoms with E-state index in [0.29, 0.717) is 17.2 Å². The van der Waals surface area contributed by atoms with E-state index >= 15 is 0 Å². The van der Waals surface area contributed by atoms with E-state index < -0.39 is 5.82 Å². The number of benzene rings is 2. The molecule has 5 nitrogen and oxygen atoms in total. The monoisotopic (exact) mass is 293 g/mol. The zero-order valence-electron chi connectivity index (χ0n) is 12.0. The number of anilines is 1. The minimum atomic E-state index is -0.550. The Kier molecular flexibility index (Phi) is 4.37. The van der Waals surface area contributed by atoms with Crippen LogP contribution in [-0.4, -0.2) is 21.3 Å². The number of ether oxygens (including phenoxy) is 4. The van der Waals surface area contributed by atoms with Gasteiger partial charge in [0.05, 0.1) is 27.0 Å². The smallest absolute Gasteiger partial charge is 0.167 e. The molecule has 112 valence electrons. The van der Waals surface area contributed by atoms with Crippen LogP contribution in [-0.2, 0) is 0 Å². The Bertz CT molecular complexity index is 624. The average Bonchev–Trinajstić information content (AvgIpc) is 2.49. The van der Waals surface area contributed by atoms with Crippen molar-refractivity contribution in [3.05, 3.63) is 36.1 Å². The van der Waals surface area contributed by atoms with Crippen LogP contribution in [0, 0.1) is 5.82 Å². The van der Waals surface area contributed by atoms with Crippen molar-refractivity contribution in [3.8, 4) is 28.7 Å². The molecule has 0 aliphatic rings.